The van der Waals surface area contributed by atoms with Crippen LogP contribution in [0.1, 0.15) is 25.1 Å². The number of aromatic nitrogens is 2. The molecule has 1 fully saturated rings. The molecule has 2 heterocycles. The van der Waals surface area contributed by atoms with Gasteiger partial charge in [0.25, 0.3) is 5.56 Å². The number of piperidine rings is 1. The number of nitrogens with zero attached hydrogens (tertiary/aromatic N) is 3. The molecule has 0 atom stereocenters. The third kappa shape index (κ3) is 3.25. The molecule has 1 saturated heterocycles. The lowest BCUT2D eigenvalue weighted by Gasteiger charge is -2.26. The number of para-hydroxylation sites is 1. The van der Waals surface area contributed by atoms with Crippen LogP contribution in [0.4, 0.5) is 0 Å². The fourth-order valence-electron chi connectivity index (χ4n) is 2.87. The summed E-state index contributed by atoms with van der Waals surface area (Å²) in [6.45, 7) is 2.12. The van der Waals surface area contributed by atoms with E-state index in [4.69, 9.17) is 0 Å². The van der Waals surface area contributed by atoms with Crippen LogP contribution in [-0.2, 0) is 0 Å². The zero-order valence-corrected chi connectivity index (χ0v) is 12.7. The van der Waals surface area contributed by atoms with Crippen molar-refractivity contribution in [3.63, 3.8) is 0 Å². The zero-order valence-electron chi connectivity index (χ0n) is 12.7. The number of nitriles is 1. The number of likely N-dealkylation sites (tertiary alicyclic amines) is 1. The summed E-state index contributed by atoms with van der Waals surface area (Å²) in [5.74, 6) is 0.0681. The van der Waals surface area contributed by atoms with Crippen molar-refractivity contribution >= 4 is 16.5 Å². The van der Waals surface area contributed by atoms with E-state index >= 15 is 0 Å². The lowest BCUT2D eigenvalue weighted by molar-refractivity contribution is 0.215. The Hall–Kier alpha value is -2.65. The first kappa shape index (κ1) is 15.3. The van der Waals surface area contributed by atoms with Crippen molar-refractivity contribution in [2.45, 2.75) is 19.3 Å². The maximum Gasteiger partial charge on any atom is 0.259 e. The van der Waals surface area contributed by atoms with E-state index in [9.17, 15) is 15.2 Å². The van der Waals surface area contributed by atoms with E-state index in [1.165, 1.54) is 6.42 Å². The van der Waals surface area contributed by atoms with E-state index in [2.05, 4.69) is 14.9 Å². The highest BCUT2D eigenvalue weighted by Crippen LogP contribution is 2.17. The molecule has 3 rings (SSSR count). The predicted octanol–water partition coefficient (Wildman–Crippen LogP) is 2.20. The number of rotatable bonds is 3. The number of aliphatic hydroxyl groups is 1. The summed E-state index contributed by atoms with van der Waals surface area (Å²) in [4.78, 5) is 21.1. The first-order chi connectivity index (χ1) is 11.2. The molecule has 2 aromatic rings. The monoisotopic (exact) mass is 310 g/mol. The Morgan fingerprint density at radius 1 is 1.30 bits per heavy atom. The van der Waals surface area contributed by atoms with Gasteiger partial charge >= 0.3 is 0 Å². The number of hydrogen-bond donors (Lipinski definition) is 2. The number of hydrogen-bond acceptors (Lipinski definition) is 5. The van der Waals surface area contributed by atoms with Gasteiger partial charge in [-0.1, -0.05) is 18.6 Å². The first-order valence-corrected chi connectivity index (χ1v) is 7.73. The molecule has 6 nitrogen and oxygen atoms in total. The van der Waals surface area contributed by atoms with Crippen LogP contribution in [0.15, 0.2) is 34.8 Å². The summed E-state index contributed by atoms with van der Waals surface area (Å²) in [6, 6.07) is 8.90. The normalized spacial score (nSPS) is 16.8. The molecule has 2 N–H and O–H groups in total. The summed E-state index contributed by atoms with van der Waals surface area (Å²) in [7, 11) is 0. The largest absolute Gasteiger partial charge is 0.509 e. The minimum atomic E-state index is -0.316. The molecule has 0 radical (unpaired) electrons. The zero-order chi connectivity index (χ0) is 16.2. The Bertz CT molecular complexity index is 842. The Labute approximate surface area is 133 Å². The van der Waals surface area contributed by atoms with Crippen LogP contribution < -0.4 is 5.56 Å². The summed E-state index contributed by atoms with van der Waals surface area (Å²) >= 11 is 0. The number of allylic oxidation sites excluding steroid dienone is 1. The van der Waals surface area contributed by atoms with Crippen LogP contribution in [0, 0.1) is 11.3 Å². The van der Waals surface area contributed by atoms with Crippen LogP contribution in [0.2, 0.25) is 0 Å². The van der Waals surface area contributed by atoms with Crippen LogP contribution >= 0.6 is 0 Å². The fourth-order valence-corrected chi connectivity index (χ4v) is 2.87. The van der Waals surface area contributed by atoms with E-state index in [0.29, 0.717) is 17.4 Å². The van der Waals surface area contributed by atoms with Crippen molar-refractivity contribution in [1.29, 1.82) is 5.26 Å². The minimum absolute atomic E-state index is 0.0263. The number of H-pyrrole nitrogens is 1. The van der Waals surface area contributed by atoms with Crippen LogP contribution in [0.25, 0.3) is 16.5 Å². The number of nitrogens with one attached hydrogen (secondary N) is 1. The summed E-state index contributed by atoms with van der Waals surface area (Å²) in [5.41, 5.74) is 0.215. The molecule has 118 valence electrons. The van der Waals surface area contributed by atoms with Gasteiger partial charge in [-0.25, -0.2) is 4.98 Å². The van der Waals surface area contributed by atoms with Crippen molar-refractivity contribution in [1.82, 2.24) is 14.9 Å². The molecule has 1 aromatic heterocycles. The Balaban J connectivity index is 1.98. The van der Waals surface area contributed by atoms with E-state index in [1.807, 2.05) is 6.07 Å². The Kier molecular flexibility index (Phi) is 4.40. The lowest BCUT2D eigenvalue weighted by Crippen LogP contribution is -2.31. The third-order valence-electron chi connectivity index (χ3n) is 4.07. The molecule has 0 unspecified atom stereocenters. The minimum Gasteiger partial charge on any atom is -0.509 e. The molecule has 0 amide bonds. The third-order valence-corrected chi connectivity index (χ3v) is 4.07. The Morgan fingerprint density at radius 2 is 2.04 bits per heavy atom. The van der Waals surface area contributed by atoms with Gasteiger partial charge in [0.05, 0.1) is 17.4 Å². The van der Waals surface area contributed by atoms with Gasteiger partial charge in [-0.2, -0.15) is 5.26 Å². The van der Waals surface area contributed by atoms with E-state index in [-0.39, 0.29) is 22.7 Å². The van der Waals surface area contributed by atoms with Crippen molar-refractivity contribution < 1.29 is 5.11 Å². The van der Waals surface area contributed by atoms with E-state index < -0.39 is 0 Å². The number of benzene rings is 1. The molecule has 0 saturated carbocycles. The Morgan fingerprint density at radius 3 is 2.78 bits per heavy atom. The summed E-state index contributed by atoms with van der Waals surface area (Å²) in [6.07, 6.45) is 3.39. The second kappa shape index (κ2) is 6.63. The molecule has 0 spiro atoms. The topological polar surface area (TPSA) is 93.0 Å². The van der Waals surface area contributed by atoms with Crippen molar-refractivity contribution in [3.8, 4) is 6.07 Å². The summed E-state index contributed by atoms with van der Waals surface area (Å²) in [5, 5.41) is 20.2. The van der Waals surface area contributed by atoms with Gasteiger partial charge in [-0.15, -0.1) is 0 Å². The average molecular weight is 310 g/mol. The molecule has 1 aliphatic rings. The molecular formula is C17H18N4O2. The highest BCUT2D eigenvalue weighted by atomic mass is 16.3. The van der Waals surface area contributed by atoms with Crippen molar-refractivity contribution in [2.24, 2.45) is 0 Å². The highest BCUT2D eigenvalue weighted by Gasteiger charge is 2.17. The maximum absolute atomic E-state index is 12.1. The second-order valence-electron chi connectivity index (χ2n) is 5.70. The van der Waals surface area contributed by atoms with Crippen molar-refractivity contribution in [2.75, 3.05) is 19.6 Å². The van der Waals surface area contributed by atoms with Gasteiger partial charge < -0.3 is 10.1 Å². The first-order valence-electron chi connectivity index (χ1n) is 7.73. The standard InChI is InChI=1S/C17H18N4O2/c18-10-13(15(22)11-21-8-4-1-5-9-21)16-19-14-7-3-2-6-12(14)17(23)20-16/h2-3,6-7,22H,1,4-5,8-9,11H2,(H,19,20,23)/b15-13-. The molecule has 6 heteroatoms. The van der Waals surface area contributed by atoms with E-state index in [1.54, 1.807) is 24.3 Å². The number of fused-ring (bicyclic) bond motifs is 1. The molecular weight excluding hydrogens is 292 g/mol. The van der Waals surface area contributed by atoms with Gasteiger partial charge in [-0.3, -0.25) is 9.69 Å². The number of aliphatic hydroxyl groups excluding tert-OH is 1. The molecule has 0 bridgehead atoms. The summed E-state index contributed by atoms with van der Waals surface area (Å²) < 4.78 is 0. The van der Waals surface area contributed by atoms with Crippen LogP contribution in [0.5, 0.6) is 0 Å². The predicted molar refractivity (Wildman–Crippen MR) is 87.8 cm³/mol. The number of aromatic amines is 1. The van der Waals surface area contributed by atoms with E-state index in [0.717, 1.165) is 25.9 Å². The van der Waals surface area contributed by atoms with Gasteiger partial charge in [0.1, 0.15) is 17.4 Å². The SMILES string of the molecule is N#C/C(=C(/O)CN1CCCCC1)c1nc2ccccc2c(=O)[nH]1. The fraction of sp³-hybridized carbons (Fsp3) is 0.353. The average Bonchev–Trinajstić information content (AvgIpc) is 2.56. The van der Waals surface area contributed by atoms with Gasteiger partial charge in [0, 0.05) is 0 Å². The van der Waals surface area contributed by atoms with Gasteiger partial charge in [-0.05, 0) is 38.1 Å². The highest BCUT2D eigenvalue weighted by molar-refractivity contribution is 5.81. The van der Waals surface area contributed by atoms with Gasteiger partial charge in [0.2, 0.25) is 0 Å². The van der Waals surface area contributed by atoms with Crippen molar-refractivity contribution in [3.05, 3.63) is 46.2 Å². The van der Waals surface area contributed by atoms with Crippen LogP contribution in [-0.4, -0.2) is 39.6 Å². The molecule has 23 heavy (non-hydrogen) atoms. The molecule has 1 aromatic carbocycles. The molecule has 0 aliphatic carbocycles. The quantitative estimate of drug-likeness (QED) is 0.669. The molecule has 1 aliphatic heterocycles. The van der Waals surface area contributed by atoms with Crippen LogP contribution in [0.3, 0.4) is 0 Å². The second-order valence-corrected chi connectivity index (χ2v) is 5.70. The lowest BCUT2D eigenvalue weighted by atomic mass is 10.1. The van der Waals surface area contributed by atoms with Gasteiger partial charge in [0.15, 0.2) is 5.82 Å². The smallest absolute Gasteiger partial charge is 0.259 e. The maximum atomic E-state index is 12.1.